The molecule has 0 spiro atoms. The van der Waals surface area contributed by atoms with Gasteiger partial charge in [0.15, 0.2) is 0 Å². The van der Waals surface area contributed by atoms with Crippen molar-refractivity contribution in [2.45, 2.75) is 23.6 Å². The zero-order valence-electron chi connectivity index (χ0n) is 14.3. The van der Waals surface area contributed by atoms with Gasteiger partial charge in [-0.3, -0.25) is 0 Å². The molecule has 0 saturated carbocycles. The molecular weight excluding hydrogens is 360 g/mol. The van der Waals surface area contributed by atoms with Gasteiger partial charge in [-0.2, -0.15) is 5.10 Å². The first kappa shape index (κ1) is 16.0. The lowest BCUT2D eigenvalue weighted by atomic mass is 9.98. The maximum Gasteiger partial charge on any atom is 0.213 e. The van der Waals surface area contributed by atoms with Crippen molar-refractivity contribution in [1.29, 1.82) is 0 Å². The number of thioether (sulfide) groups is 1. The van der Waals surface area contributed by atoms with Crippen LogP contribution in [0.2, 0.25) is 0 Å². The molecule has 2 aliphatic heterocycles. The normalized spacial score (nSPS) is 21.0. The zero-order chi connectivity index (χ0) is 17.5. The molecule has 0 amide bonds. The van der Waals surface area contributed by atoms with Gasteiger partial charge in [0.1, 0.15) is 5.75 Å². The molecule has 0 radical (unpaired) electrons. The summed E-state index contributed by atoms with van der Waals surface area (Å²) >= 11 is 3.50. The predicted molar refractivity (Wildman–Crippen MR) is 108 cm³/mol. The molecule has 0 aliphatic carbocycles. The molecule has 0 unspecified atom stereocenters. The second-order valence-corrected chi connectivity index (χ2v) is 8.23. The van der Waals surface area contributed by atoms with Gasteiger partial charge in [-0.05, 0) is 35.9 Å². The van der Waals surface area contributed by atoms with Crippen molar-refractivity contribution >= 4 is 28.8 Å². The second-order valence-electron chi connectivity index (χ2n) is 6.41. The largest absolute Gasteiger partial charge is 0.464 e. The number of ether oxygens (including phenoxy) is 1. The summed E-state index contributed by atoms with van der Waals surface area (Å²) in [4.78, 5) is 2.50. The summed E-state index contributed by atoms with van der Waals surface area (Å²) in [5.74, 6) is 0.968. The first-order chi connectivity index (χ1) is 12.8. The van der Waals surface area contributed by atoms with Crippen molar-refractivity contribution in [2.75, 3.05) is 6.26 Å². The molecule has 0 N–H and O–H groups in total. The number of benzene rings is 2. The minimum absolute atomic E-state index is 0.191. The summed E-state index contributed by atoms with van der Waals surface area (Å²) < 4.78 is 6.39. The smallest absolute Gasteiger partial charge is 0.213 e. The highest BCUT2D eigenvalue weighted by atomic mass is 32.2. The fourth-order valence-electron chi connectivity index (χ4n) is 3.61. The van der Waals surface area contributed by atoms with E-state index in [4.69, 9.17) is 9.84 Å². The molecule has 2 atom stereocenters. The Labute approximate surface area is 161 Å². The summed E-state index contributed by atoms with van der Waals surface area (Å²) in [7, 11) is 0. The molecule has 0 fully saturated rings. The van der Waals surface area contributed by atoms with Crippen LogP contribution in [-0.2, 0) is 0 Å². The van der Waals surface area contributed by atoms with Crippen molar-refractivity contribution in [1.82, 2.24) is 5.01 Å². The Morgan fingerprint density at radius 2 is 1.92 bits per heavy atom. The predicted octanol–water partition coefficient (Wildman–Crippen LogP) is 5.71. The van der Waals surface area contributed by atoms with Crippen LogP contribution in [0.4, 0.5) is 0 Å². The van der Waals surface area contributed by atoms with E-state index in [2.05, 4.69) is 71.2 Å². The molecule has 0 bridgehead atoms. The zero-order valence-corrected chi connectivity index (χ0v) is 16.0. The number of fused-ring (bicyclic) bond motifs is 3. The van der Waals surface area contributed by atoms with Crippen LogP contribution in [0, 0.1) is 0 Å². The van der Waals surface area contributed by atoms with E-state index in [0.717, 1.165) is 23.4 Å². The summed E-state index contributed by atoms with van der Waals surface area (Å²) in [6, 6.07) is 21.4. The third-order valence-corrected chi connectivity index (χ3v) is 6.57. The minimum Gasteiger partial charge on any atom is -0.464 e. The maximum atomic E-state index is 6.39. The van der Waals surface area contributed by atoms with Gasteiger partial charge in [0.05, 0.1) is 16.6 Å². The van der Waals surface area contributed by atoms with E-state index in [1.54, 1.807) is 23.1 Å². The molecule has 3 nitrogen and oxygen atoms in total. The number of para-hydroxylation sites is 1. The first-order valence-corrected chi connectivity index (χ1v) is 10.7. The highest BCUT2D eigenvalue weighted by Gasteiger charge is 2.40. The van der Waals surface area contributed by atoms with E-state index in [1.165, 1.54) is 15.3 Å². The standard InChI is InChI=1S/C21H18N2OS2/c1-25-15-10-8-14(9-11-15)21-23-18(16-5-2-3-6-19(16)24-21)13-17(22-23)20-7-4-12-26-20/h2-12,18,21H,13H2,1H3/t18-,21+/m0/s1. The number of thiophene rings is 1. The second kappa shape index (κ2) is 6.49. The molecular formula is C21H18N2OS2. The highest BCUT2D eigenvalue weighted by Crippen LogP contribution is 2.47. The van der Waals surface area contributed by atoms with E-state index in [0.29, 0.717) is 0 Å². The quantitative estimate of drug-likeness (QED) is 0.546. The van der Waals surface area contributed by atoms with Crippen LogP contribution in [0.5, 0.6) is 5.75 Å². The highest BCUT2D eigenvalue weighted by molar-refractivity contribution is 7.98. The molecule has 3 heterocycles. The van der Waals surface area contributed by atoms with Gasteiger partial charge in [-0.1, -0.05) is 36.4 Å². The van der Waals surface area contributed by atoms with Crippen molar-refractivity contribution in [3.63, 3.8) is 0 Å². The number of rotatable bonds is 3. The molecule has 26 heavy (non-hydrogen) atoms. The monoisotopic (exact) mass is 378 g/mol. The van der Waals surface area contributed by atoms with Gasteiger partial charge in [-0.15, -0.1) is 23.1 Å². The lowest BCUT2D eigenvalue weighted by Gasteiger charge is -2.38. The Kier molecular flexibility index (Phi) is 3.98. The minimum atomic E-state index is -0.191. The lowest BCUT2D eigenvalue weighted by Crippen LogP contribution is -2.33. The Morgan fingerprint density at radius 1 is 1.08 bits per heavy atom. The van der Waals surface area contributed by atoms with Crippen LogP contribution in [0.25, 0.3) is 0 Å². The molecule has 130 valence electrons. The third-order valence-electron chi connectivity index (χ3n) is 4.91. The summed E-state index contributed by atoms with van der Waals surface area (Å²) in [6.07, 6.45) is 2.82. The Morgan fingerprint density at radius 3 is 2.69 bits per heavy atom. The first-order valence-electron chi connectivity index (χ1n) is 8.63. The van der Waals surface area contributed by atoms with Crippen molar-refractivity contribution in [3.05, 3.63) is 82.0 Å². The third kappa shape index (κ3) is 2.63. The molecule has 2 aromatic carbocycles. The van der Waals surface area contributed by atoms with E-state index >= 15 is 0 Å². The van der Waals surface area contributed by atoms with Gasteiger partial charge in [0, 0.05) is 22.4 Å². The van der Waals surface area contributed by atoms with Gasteiger partial charge in [0.25, 0.3) is 0 Å². The fourth-order valence-corrected chi connectivity index (χ4v) is 4.74. The Balaban J connectivity index is 1.58. The van der Waals surface area contributed by atoms with Crippen LogP contribution in [0.1, 0.15) is 34.7 Å². The number of hydrogen-bond donors (Lipinski definition) is 0. The van der Waals surface area contributed by atoms with Crippen LogP contribution in [0.15, 0.2) is 76.0 Å². The topological polar surface area (TPSA) is 24.8 Å². The van der Waals surface area contributed by atoms with Crippen LogP contribution in [0.3, 0.4) is 0 Å². The lowest BCUT2D eigenvalue weighted by molar-refractivity contribution is -0.0190. The number of hydrazone groups is 1. The van der Waals surface area contributed by atoms with Gasteiger partial charge in [-0.25, -0.2) is 5.01 Å². The molecule has 5 rings (SSSR count). The molecule has 5 heteroatoms. The summed E-state index contributed by atoms with van der Waals surface area (Å²) in [6.45, 7) is 0. The number of hydrogen-bond acceptors (Lipinski definition) is 5. The van der Waals surface area contributed by atoms with Gasteiger partial charge < -0.3 is 4.74 Å². The van der Waals surface area contributed by atoms with Crippen molar-refractivity contribution in [2.24, 2.45) is 5.10 Å². The Hall–Kier alpha value is -2.24. The van der Waals surface area contributed by atoms with Crippen molar-refractivity contribution in [3.8, 4) is 5.75 Å². The van der Waals surface area contributed by atoms with Crippen LogP contribution in [-0.4, -0.2) is 17.0 Å². The summed E-state index contributed by atoms with van der Waals surface area (Å²) in [5.41, 5.74) is 3.51. The van der Waals surface area contributed by atoms with E-state index in [-0.39, 0.29) is 12.3 Å². The SMILES string of the molecule is CSc1ccc([C@H]2Oc3ccccc3[C@@H]3CC(c4cccs4)=NN23)cc1. The van der Waals surface area contributed by atoms with Crippen LogP contribution >= 0.6 is 23.1 Å². The molecule has 3 aromatic rings. The Bertz CT molecular complexity index is 950. The molecule has 1 aromatic heterocycles. The average Bonchev–Trinajstić information content (AvgIpc) is 3.37. The summed E-state index contributed by atoms with van der Waals surface area (Å²) in [5, 5.41) is 9.24. The van der Waals surface area contributed by atoms with Crippen LogP contribution < -0.4 is 4.74 Å². The molecule has 0 saturated heterocycles. The van der Waals surface area contributed by atoms with E-state index in [9.17, 15) is 0 Å². The van der Waals surface area contributed by atoms with E-state index < -0.39 is 0 Å². The molecule has 2 aliphatic rings. The van der Waals surface area contributed by atoms with Gasteiger partial charge in [0.2, 0.25) is 6.23 Å². The fraction of sp³-hybridized carbons (Fsp3) is 0.190. The van der Waals surface area contributed by atoms with Crippen molar-refractivity contribution < 1.29 is 4.74 Å². The number of nitrogens with zero attached hydrogens (tertiary/aromatic N) is 2. The maximum absolute atomic E-state index is 6.39. The van der Waals surface area contributed by atoms with Gasteiger partial charge >= 0.3 is 0 Å². The average molecular weight is 379 g/mol. The van der Waals surface area contributed by atoms with E-state index in [1.807, 2.05) is 6.07 Å².